The normalized spacial score (nSPS) is 17.4. The third-order valence-electron chi connectivity index (χ3n) is 3.77. The van der Waals surface area contributed by atoms with Gasteiger partial charge in [-0.15, -0.1) is 5.06 Å². The largest absolute Gasteiger partial charge is 0.360 e. The highest BCUT2D eigenvalue weighted by molar-refractivity contribution is 8.77. The maximum absolute atomic E-state index is 12.2. The Labute approximate surface area is 164 Å². The average molecular weight is 400 g/mol. The molecule has 0 bridgehead atoms. The van der Waals surface area contributed by atoms with Gasteiger partial charge in [0.2, 0.25) is 0 Å². The highest BCUT2D eigenvalue weighted by atomic mass is 33.1. The van der Waals surface area contributed by atoms with Gasteiger partial charge in [-0.25, -0.2) is 9.78 Å². The number of amides is 2. The molecule has 0 aromatic carbocycles. The van der Waals surface area contributed by atoms with E-state index < -0.39 is 17.8 Å². The van der Waals surface area contributed by atoms with Crippen molar-refractivity contribution >= 4 is 39.4 Å². The van der Waals surface area contributed by atoms with Crippen molar-refractivity contribution in [1.82, 2.24) is 10.0 Å². The Morgan fingerprint density at radius 2 is 2.04 bits per heavy atom. The van der Waals surface area contributed by atoms with Crippen LogP contribution in [-0.2, 0) is 19.2 Å². The van der Waals surface area contributed by atoms with Crippen molar-refractivity contribution in [3.63, 3.8) is 0 Å². The van der Waals surface area contributed by atoms with Crippen LogP contribution in [0.25, 0.3) is 0 Å². The minimum absolute atomic E-state index is 0.0672. The maximum atomic E-state index is 12.2. The van der Waals surface area contributed by atoms with E-state index in [-0.39, 0.29) is 24.5 Å². The topological polar surface area (TPSA) is 76.6 Å². The van der Waals surface area contributed by atoms with Gasteiger partial charge in [0.1, 0.15) is 5.03 Å². The number of aromatic nitrogens is 1. The Morgan fingerprint density at radius 1 is 1.26 bits per heavy atom. The minimum Gasteiger partial charge on any atom is -0.325 e. The van der Waals surface area contributed by atoms with Gasteiger partial charge in [0.15, 0.2) is 0 Å². The highest BCUT2D eigenvalue weighted by Gasteiger charge is 2.33. The summed E-state index contributed by atoms with van der Waals surface area (Å²) in [6, 6.07) is 5.74. The van der Waals surface area contributed by atoms with Crippen molar-refractivity contribution in [2.75, 3.05) is 0 Å². The first kappa shape index (κ1) is 19.3. The number of nitrogens with zero attached hydrogens (tertiary/aromatic N) is 2. The number of hydroxylamine groups is 2. The molecular formula is C19H16N2O4S2. The van der Waals surface area contributed by atoms with Gasteiger partial charge in [0.05, 0.1) is 5.57 Å². The summed E-state index contributed by atoms with van der Waals surface area (Å²) in [7, 11) is 3.18. The first-order valence-corrected chi connectivity index (χ1v) is 10.5. The van der Waals surface area contributed by atoms with E-state index in [0.29, 0.717) is 10.6 Å². The van der Waals surface area contributed by atoms with Crippen LogP contribution in [0.5, 0.6) is 0 Å². The standard InChI is InChI=1S/C19H16N2O4S2/c1-13(26-27-16-7-2-3-12-20-16)14-5-4-6-15(9-8-14)19(24)25-21-17(22)10-11-18(21)23/h2-3,7-9,12-13H,6,10-11H2,1H3. The molecule has 0 N–H and O–H groups in total. The number of rotatable bonds is 6. The van der Waals surface area contributed by atoms with E-state index in [2.05, 4.69) is 16.8 Å². The number of pyridine rings is 1. The molecule has 1 unspecified atom stereocenters. The summed E-state index contributed by atoms with van der Waals surface area (Å²) in [5.74, 6) is 4.28. The molecule has 0 saturated carbocycles. The van der Waals surface area contributed by atoms with E-state index >= 15 is 0 Å². The lowest BCUT2D eigenvalue weighted by molar-refractivity contribution is -0.194. The summed E-state index contributed by atoms with van der Waals surface area (Å²) in [4.78, 5) is 44.6. The van der Waals surface area contributed by atoms with Crippen LogP contribution < -0.4 is 0 Å². The molecule has 1 aromatic heterocycles. The summed E-state index contributed by atoms with van der Waals surface area (Å²) >= 11 is 0. The Morgan fingerprint density at radius 3 is 2.74 bits per heavy atom. The molecule has 1 saturated heterocycles. The number of allylic oxidation sites excluding steroid dienone is 2. The van der Waals surface area contributed by atoms with Crippen molar-refractivity contribution in [3.8, 4) is 11.8 Å². The lowest BCUT2D eigenvalue weighted by atomic mass is 10.2. The van der Waals surface area contributed by atoms with Gasteiger partial charge in [-0.05, 0) is 42.0 Å². The number of imide groups is 1. The van der Waals surface area contributed by atoms with Crippen LogP contribution in [0.3, 0.4) is 0 Å². The van der Waals surface area contributed by atoms with E-state index in [1.165, 1.54) is 0 Å². The number of carbonyl (C=O) groups is 3. The van der Waals surface area contributed by atoms with E-state index in [1.54, 1.807) is 39.9 Å². The quantitative estimate of drug-likeness (QED) is 0.413. The molecule has 27 heavy (non-hydrogen) atoms. The fourth-order valence-corrected chi connectivity index (χ4v) is 4.34. The van der Waals surface area contributed by atoms with Crippen molar-refractivity contribution in [3.05, 3.63) is 47.7 Å². The zero-order valence-corrected chi connectivity index (χ0v) is 16.1. The van der Waals surface area contributed by atoms with Crippen LogP contribution >= 0.6 is 21.6 Å². The van der Waals surface area contributed by atoms with Crippen LogP contribution in [0.15, 0.2) is 52.7 Å². The molecule has 2 heterocycles. The fourth-order valence-electron chi connectivity index (χ4n) is 2.28. The van der Waals surface area contributed by atoms with Gasteiger partial charge in [-0.1, -0.05) is 28.7 Å². The second kappa shape index (κ2) is 8.93. The molecular weight excluding hydrogens is 384 g/mol. The molecule has 2 amide bonds. The molecule has 6 nitrogen and oxygen atoms in total. The Hall–Kier alpha value is -2.50. The lowest BCUT2D eigenvalue weighted by Crippen LogP contribution is -2.32. The summed E-state index contributed by atoms with van der Waals surface area (Å²) in [5, 5.41) is 1.56. The Kier molecular flexibility index (Phi) is 6.37. The van der Waals surface area contributed by atoms with Crippen molar-refractivity contribution < 1.29 is 19.2 Å². The molecule has 138 valence electrons. The minimum atomic E-state index is -0.728. The lowest BCUT2D eigenvalue weighted by Gasteiger charge is -2.13. The first-order chi connectivity index (χ1) is 13.0. The van der Waals surface area contributed by atoms with Gasteiger partial charge in [-0.2, -0.15) is 0 Å². The van der Waals surface area contributed by atoms with E-state index in [4.69, 9.17) is 4.84 Å². The average Bonchev–Trinajstić information content (AvgIpc) is 2.89. The summed E-state index contributed by atoms with van der Waals surface area (Å²) < 4.78 is 0. The summed E-state index contributed by atoms with van der Waals surface area (Å²) in [6.07, 6.45) is 5.48. The van der Waals surface area contributed by atoms with Crippen molar-refractivity contribution in [2.24, 2.45) is 0 Å². The summed E-state index contributed by atoms with van der Waals surface area (Å²) in [6.45, 7) is 2.03. The summed E-state index contributed by atoms with van der Waals surface area (Å²) in [5.41, 5.74) is 1.18. The van der Waals surface area contributed by atoms with Crippen LogP contribution in [-0.4, -0.2) is 33.1 Å². The third kappa shape index (κ3) is 5.02. The van der Waals surface area contributed by atoms with Crippen LogP contribution in [0, 0.1) is 11.8 Å². The van der Waals surface area contributed by atoms with Gasteiger partial charge < -0.3 is 4.84 Å². The zero-order valence-electron chi connectivity index (χ0n) is 14.5. The predicted octanol–water partition coefficient (Wildman–Crippen LogP) is 3.08. The second-order valence-electron chi connectivity index (χ2n) is 5.74. The van der Waals surface area contributed by atoms with Crippen LogP contribution in [0.1, 0.15) is 26.2 Å². The van der Waals surface area contributed by atoms with E-state index in [0.717, 1.165) is 10.6 Å². The molecule has 3 rings (SSSR count). The molecule has 0 spiro atoms. The van der Waals surface area contributed by atoms with Crippen LogP contribution in [0.4, 0.5) is 0 Å². The molecule has 1 aliphatic carbocycles. The van der Waals surface area contributed by atoms with Gasteiger partial charge in [0, 0.05) is 36.3 Å². The fraction of sp³-hybridized carbons (Fsp3) is 0.263. The number of carbonyl (C=O) groups excluding carboxylic acids is 3. The molecule has 1 fully saturated rings. The number of hydrogen-bond donors (Lipinski definition) is 0. The van der Waals surface area contributed by atoms with Crippen LogP contribution in [0.2, 0.25) is 0 Å². The number of hydrogen-bond acceptors (Lipinski definition) is 7. The zero-order chi connectivity index (χ0) is 19.2. The molecule has 8 heteroatoms. The molecule has 1 atom stereocenters. The van der Waals surface area contributed by atoms with Crippen molar-refractivity contribution in [2.45, 2.75) is 36.5 Å². The molecule has 1 aromatic rings. The third-order valence-corrected chi connectivity index (χ3v) is 6.49. The first-order valence-electron chi connectivity index (χ1n) is 8.26. The molecule has 1 aliphatic heterocycles. The predicted molar refractivity (Wildman–Crippen MR) is 103 cm³/mol. The van der Waals surface area contributed by atoms with Gasteiger partial charge >= 0.3 is 5.97 Å². The van der Waals surface area contributed by atoms with E-state index in [1.807, 2.05) is 25.1 Å². The smallest absolute Gasteiger partial charge is 0.325 e. The molecule has 0 radical (unpaired) electrons. The Balaban J connectivity index is 1.61. The SMILES string of the molecule is CC(SSc1ccccn1)C1=CC=C(C(=O)ON2C(=O)CCC2=O)CC#C1. The van der Waals surface area contributed by atoms with Gasteiger partial charge in [0.25, 0.3) is 11.8 Å². The van der Waals surface area contributed by atoms with Gasteiger partial charge in [-0.3, -0.25) is 9.59 Å². The second-order valence-corrected chi connectivity index (χ2v) is 8.30. The highest BCUT2D eigenvalue weighted by Crippen LogP contribution is 2.36. The molecule has 2 aliphatic rings. The Bertz CT molecular complexity index is 868. The maximum Gasteiger partial charge on any atom is 0.360 e. The van der Waals surface area contributed by atoms with Crippen molar-refractivity contribution in [1.29, 1.82) is 0 Å². The van der Waals surface area contributed by atoms with E-state index in [9.17, 15) is 14.4 Å². The monoisotopic (exact) mass is 400 g/mol.